The van der Waals surface area contributed by atoms with Crippen LogP contribution >= 0.6 is 0 Å². The van der Waals surface area contributed by atoms with Crippen molar-refractivity contribution < 1.29 is 22.7 Å². The highest BCUT2D eigenvalue weighted by molar-refractivity contribution is 7.89. The molecule has 0 radical (unpaired) electrons. The summed E-state index contributed by atoms with van der Waals surface area (Å²) in [5.74, 6) is -0.244. The Morgan fingerprint density at radius 1 is 1.38 bits per heavy atom. The summed E-state index contributed by atoms with van der Waals surface area (Å²) in [7, 11) is -1.03. The highest BCUT2D eigenvalue weighted by Crippen LogP contribution is 2.28. The summed E-state index contributed by atoms with van der Waals surface area (Å²) in [4.78, 5) is 11.3. The molecule has 0 atom stereocenters. The normalized spacial score (nSPS) is 11.4. The van der Waals surface area contributed by atoms with Gasteiger partial charge in [-0.3, -0.25) is 4.79 Å². The molecule has 0 amide bonds. The van der Waals surface area contributed by atoms with Crippen LogP contribution in [0.2, 0.25) is 0 Å². The first-order chi connectivity index (χ1) is 9.82. The summed E-state index contributed by atoms with van der Waals surface area (Å²) in [6.45, 7) is 1.97. The number of methoxy groups -OCH3 is 1. The number of nitrogens with zero attached hydrogens (tertiary/aromatic N) is 1. The van der Waals surface area contributed by atoms with E-state index in [4.69, 9.17) is 15.2 Å². The van der Waals surface area contributed by atoms with Crippen LogP contribution < -0.4 is 10.5 Å². The zero-order valence-electron chi connectivity index (χ0n) is 12.3. The molecule has 8 heteroatoms. The van der Waals surface area contributed by atoms with Gasteiger partial charge in [0.25, 0.3) is 0 Å². The Bertz CT molecular complexity index is 601. The van der Waals surface area contributed by atoms with Crippen LogP contribution in [0.5, 0.6) is 5.75 Å². The van der Waals surface area contributed by atoms with Gasteiger partial charge in [-0.1, -0.05) is 0 Å². The lowest BCUT2D eigenvalue weighted by atomic mass is 10.3. The minimum atomic E-state index is -3.79. The Hall–Kier alpha value is -1.80. The molecule has 1 rings (SSSR count). The second-order valence-corrected chi connectivity index (χ2v) is 6.31. The van der Waals surface area contributed by atoms with Crippen LogP contribution in [0, 0.1) is 0 Å². The number of nitrogen functional groups attached to an aromatic ring is 1. The van der Waals surface area contributed by atoms with Crippen LogP contribution in [-0.2, 0) is 19.6 Å². The topological polar surface area (TPSA) is 98.9 Å². The van der Waals surface area contributed by atoms with E-state index in [0.717, 1.165) is 4.31 Å². The smallest absolute Gasteiger partial charge is 0.307 e. The average molecular weight is 316 g/mol. The van der Waals surface area contributed by atoms with Gasteiger partial charge < -0.3 is 15.2 Å². The molecule has 0 aromatic heterocycles. The second-order valence-electron chi connectivity index (χ2n) is 4.29. The number of hydrogen-bond acceptors (Lipinski definition) is 6. The number of benzene rings is 1. The first kappa shape index (κ1) is 17.3. The number of nitrogens with two attached hydrogens (primary N) is 1. The molecule has 2 N–H and O–H groups in total. The van der Waals surface area contributed by atoms with E-state index in [1.165, 1.54) is 26.3 Å². The fraction of sp³-hybridized carbons (Fsp3) is 0.462. The van der Waals surface area contributed by atoms with Gasteiger partial charge in [-0.15, -0.1) is 0 Å². The van der Waals surface area contributed by atoms with Crippen molar-refractivity contribution in [3.63, 3.8) is 0 Å². The molecule has 1 aromatic carbocycles. The summed E-state index contributed by atoms with van der Waals surface area (Å²) >= 11 is 0. The van der Waals surface area contributed by atoms with Crippen LogP contribution in [-0.4, -0.2) is 46.0 Å². The van der Waals surface area contributed by atoms with Gasteiger partial charge in [0.15, 0.2) is 0 Å². The minimum Gasteiger partial charge on any atom is -0.495 e. The van der Waals surface area contributed by atoms with Crippen molar-refractivity contribution in [2.75, 3.05) is 33.0 Å². The molecule has 0 saturated heterocycles. The summed E-state index contributed by atoms with van der Waals surface area (Å²) in [5, 5.41) is 0. The highest BCUT2D eigenvalue weighted by atomic mass is 32.2. The lowest BCUT2D eigenvalue weighted by molar-refractivity contribution is -0.143. The van der Waals surface area contributed by atoms with E-state index < -0.39 is 16.0 Å². The largest absolute Gasteiger partial charge is 0.495 e. The lowest BCUT2D eigenvalue weighted by Gasteiger charge is -2.18. The number of ether oxygens (including phenoxy) is 2. The van der Waals surface area contributed by atoms with Gasteiger partial charge in [0.1, 0.15) is 10.6 Å². The summed E-state index contributed by atoms with van der Waals surface area (Å²) in [5.41, 5.74) is 5.94. The fourth-order valence-corrected chi connectivity index (χ4v) is 3.02. The van der Waals surface area contributed by atoms with E-state index in [-0.39, 0.29) is 30.2 Å². The van der Waals surface area contributed by atoms with Crippen LogP contribution in [0.3, 0.4) is 0 Å². The van der Waals surface area contributed by atoms with Crippen molar-refractivity contribution in [2.24, 2.45) is 0 Å². The molecule has 1 aromatic rings. The maximum atomic E-state index is 12.5. The molecule has 0 saturated carbocycles. The van der Waals surface area contributed by atoms with Gasteiger partial charge >= 0.3 is 5.97 Å². The predicted molar refractivity (Wildman–Crippen MR) is 78.5 cm³/mol. The van der Waals surface area contributed by atoms with E-state index >= 15 is 0 Å². The minimum absolute atomic E-state index is 0.0130. The predicted octanol–water partition coefficient (Wildman–Crippen LogP) is 0.851. The number of rotatable bonds is 7. The van der Waals surface area contributed by atoms with Gasteiger partial charge in [-0.2, -0.15) is 0 Å². The fourth-order valence-electron chi connectivity index (χ4n) is 1.66. The third-order valence-electron chi connectivity index (χ3n) is 2.81. The quantitative estimate of drug-likeness (QED) is 0.591. The zero-order valence-corrected chi connectivity index (χ0v) is 13.1. The molecule has 0 aliphatic heterocycles. The SMILES string of the molecule is CCOC(=O)CCN(C)S(=O)(=O)c1cc(N)ccc1OC. The van der Waals surface area contributed by atoms with Gasteiger partial charge in [-0.25, -0.2) is 12.7 Å². The summed E-state index contributed by atoms with van der Waals surface area (Å²) < 4.78 is 35.8. The molecule has 7 nitrogen and oxygen atoms in total. The Morgan fingerprint density at radius 2 is 2.05 bits per heavy atom. The molecule has 0 bridgehead atoms. The van der Waals surface area contributed by atoms with Gasteiger partial charge in [0.05, 0.1) is 20.1 Å². The van der Waals surface area contributed by atoms with Crippen LogP contribution in [0.1, 0.15) is 13.3 Å². The Morgan fingerprint density at radius 3 is 2.62 bits per heavy atom. The molecule has 0 aliphatic rings. The number of anilines is 1. The van der Waals surface area contributed by atoms with Gasteiger partial charge in [0, 0.05) is 19.3 Å². The third-order valence-corrected chi connectivity index (χ3v) is 4.69. The zero-order chi connectivity index (χ0) is 16.0. The van der Waals surface area contributed by atoms with Crippen molar-refractivity contribution >= 4 is 21.7 Å². The molecular formula is C13H20N2O5S. The Kier molecular flexibility index (Phi) is 5.98. The van der Waals surface area contributed by atoms with Crippen LogP contribution in [0.15, 0.2) is 23.1 Å². The number of esters is 1. The molecule has 0 fully saturated rings. The van der Waals surface area contributed by atoms with Crippen molar-refractivity contribution in [2.45, 2.75) is 18.2 Å². The second kappa shape index (κ2) is 7.28. The van der Waals surface area contributed by atoms with Crippen LogP contribution in [0.25, 0.3) is 0 Å². The first-order valence-corrected chi connectivity index (χ1v) is 7.82. The van der Waals surface area contributed by atoms with Gasteiger partial charge in [-0.05, 0) is 25.1 Å². The third kappa shape index (κ3) is 4.33. The van der Waals surface area contributed by atoms with E-state index in [0.29, 0.717) is 5.69 Å². The molecule has 0 heterocycles. The number of hydrogen-bond donors (Lipinski definition) is 1. The standard InChI is InChI=1S/C13H20N2O5S/c1-4-20-13(16)7-8-15(2)21(17,18)12-9-10(14)5-6-11(12)19-3/h5-6,9H,4,7-8,14H2,1-3H3. The number of carbonyl (C=O) groups excluding carboxylic acids is 1. The van der Waals surface area contributed by atoms with E-state index in [1.807, 2.05) is 0 Å². The van der Waals surface area contributed by atoms with Gasteiger partial charge in [0.2, 0.25) is 10.0 Å². The van der Waals surface area contributed by atoms with Crippen molar-refractivity contribution in [3.05, 3.63) is 18.2 Å². The summed E-state index contributed by atoms with van der Waals surface area (Å²) in [6, 6.07) is 4.37. The lowest BCUT2D eigenvalue weighted by Crippen LogP contribution is -2.30. The molecule has 0 aliphatic carbocycles. The molecule has 21 heavy (non-hydrogen) atoms. The van der Waals surface area contributed by atoms with Crippen molar-refractivity contribution in [1.29, 1.82) is 0 Å². The number of sulfonamides is 1. The summed E-state index contributed by atoms with van der Waals surface area (Å²) in [6.07, 6.45) is -0.0196. The molecular weight excluding hydrogens is 296 g/mol. The maximum Gasteiger partial charge on any atom is 0.307 e. The Balaban J connectivity index is 2.94. The monoisotopic (exact) mass is 316 g/mol. The van der Waals surface area contributed by atoms with E-state index in [1.54, 1.807) is 13.0 Å². The van der Waals surface area contributed by atoms with Crippen LogP contribution in [0.4, 0.5) is 5.69 Å². The van der Waals surface area contributed by atoms with Crippen molar-refractivity contribution in [3.8, 4) is 5.75 Å². The van der Waals surface area contributed by atoms with E-state index in [2.05, 4.69) is 0 Å². The van der Waals surface area contributed by atoms with E-state index in [9.17, 15) is 13.2 Å². The Labute approximate surface area is 124 Å². The molecule has 118 valence electrons. The van der Waals surface area contributed by atoms with Crippen molar-refractivity contribution in [1.82, 2.24) is 4.31 Å². The molecule has 0 unspecified atom stereocenters. The number of carbonyl (C=O) groups is 1. The molecule has 0 spiro atoms. The maximum absolute atomic E-state index is 12.5. The average Bonchev–Trinajstić information content (AvgIpc) is 2.44. The highest BCUT2D eigenvalue weighted by Gasteiger charge is 2.25. The first-order valence-electron chi connectivity index (χ1n) is 6.38.